The molecule has 1 aromatic heterocycles. The lowest BCUT2D eigenvalue weighted by molar-refractivity contribution is -0.137. The Labute approximate surface area is 198 Å². The van der Waals surface area contributed by atoms with E-state index in [9.17, 15) is 17.6 Å². The summed E-state index contributed by atoms with van der Waals surface area (Å²) in [6.45, 7) is 4.73. The number of rotatable bonds is 6. The molecule has 0 saturated carbocycles. The Kier molecular flexibility index (Phi) is 6.26. The van der Waals surface area contributed by atoms with Crippen LogP contribution in [0.5, 0.6) is 0 Å². The van der Waals surface area contributed by atoms with E-state index in [1.165, 1.54) is 6.08 Å². The van der Waals surface area contributed by atoms with Gasteiger partial charge in [-0.15, -0.1) is 0 Å². The largest absolute Gasteiger partial charge is 0.340 e. The van der Waals surface area contributed by atoms with Crippen molar-refractivity contribution in [2.45, 2.75) is 38.8 Å². The van der Waals surface area contributed by atoms with E-state index in [0.717, 1.165) is 11.8 Å². The van der Waals surface area contributed by atoms with Crippen LogP contribution in [0.3, 0.4) is 0 Å². The third-order valence-corrected chi connectivity index (χ3v) is 6.65. The average molecular weight is 489 g/mol. The predicted octanol–water partition coefficient (Wildman–Crippen LogP) is 3.06. The van der Waals surface area contributed by atoms with Gasteiger partial charge >= 0.3 is 0 Å². The highest BCUT2D eigenvalue weighted by molar-refractivity contribution is 7.92. The number of carbonyl (C=O) groups is 1. The number of hydrogen-bond acceptors (Lipinski definition) is 6. The molecule has 0 spiro atoms. The molecule has 0 unspecified atom stereocenters. The molecule has 0 radical (unpaired) electrons. The maximum atomic E-state index is 13.7. The third kappa shape index (κ3) is 4.71. The molecule has 2 heterocycles. The molecule has 2 aliphatic rings. The first kappa shape index (κ1) is 24.0. The summed E-state index contributed by atoms with van der Waals surface area (Å²) in [7, 11) is -3.43. The number of allylic oxidation sites excluding steroid dienone is 4. The highest BCUT2D eigenvalue weighted by Crippen LogP contribution is 2.40. The van der Waals surface area contributed by atoms with Gasteiger partial charge in [-0.25, -0.2) is 17.8 Å². The fraction of sp³-hybridized carbons (Fsp3) is 0.391. The lowest BCUT2D eigenvalue weighted by atomic mass is 9.99. The first-order chi connectivity index (χ1) is 16.0. The Balaban J connectivity index is 1.80. The summed E-state index contributed by atoms with van der Waals surface area (Å²) in [5.74, 6) is 1.07. The van der Waals surface area contributed by atoms with Crippen LogP contribution in [-0.2, 0) is 26.9 Å². The van der Waals surface area contributed by atoms with E-state index in [-0.39, 0.29) is 18.3 Å². The Morgan fingerprint density at radius 1 is 1.21 bits per heavy atom. The number of nitrogens with one attached hydrogen (secondary N) is 2. The molecule has 11 heteroatoms. The first-order valence-electron chi connectivity index (χ1n) is 11.0. The number of fused-ring (bicyclic) bond motifs is 1. The highest BCUT2D eigenvalue weighted by atomic mass is 32.2. The third-order valence-electron chi connectivity index (χ3n) is 6.04. The number of nitrogens with zero attached hydrogens (tertiary/aromatic N) is 3. The number of nitrogens with two attached hydrogens (primary N) is 1. The van der Waals surface area contributed by atoms with Crippen molar-refractivity contribution in [3.63, 3.8) is 0 Å². The Morgan fingerprint density at radius 3 is 2.59 bits per heavy atom. The lowest BCUT2D eigenvalue weighted by Crippen LogP contribution is -2.53. The molecule has 0 atom stereocenters. The molecule has 2 aromatic rings. The Morgan fingerprint density at radius 2 is 1.94 bits per heavy atom. The molecule has 0 bridgehead atoms. The van der Waals surface area contributed by atoms with Crippen molar-refractivity contribution in [2.75, 3.05) is 29.4 Å². The molecular weight excluding hydrogens is 459 g/mol. The van der Waals surface area contributed by atoms with Gasteiger partial charge in [-0.3, -0.25) is 9.52 Å². The minimum absolute atomic E-state index is 0.0859. The summed E-state index contributed by atoms with van der Waals surface area (Å²) in [4.78, 5) is 19.2. The van der Waals surface area contributed by atoms with Gasteiger partial charge in [-0.1, -0.05) is 12.1 Å². The van der Waals surface area contributed by atoms with E-state index in [4.69, 9.17) is 10.7 Å². The zero-order valence-corrected chi connectivity index (χ0v) is 20.2. The van der Waals surface area contributed by atoms with E-state index in [0.29, 0.717) is 54.6 Å². The fourth-order valence-corrected chi connectivity index (χ4v) is 5.01. The molecule has 1 aromatic carbocycles. The van der Waals surface area contributed by atoms with Gasteiger partial charge in [0.05, 0.1) is 24.0 Å². The van der Waals surface area contributed by atoms with E-state index in [1.54, 1.807) is 29.2 Å². The number of imidazole rings is 1. The topological polar surface area (TPSA) is 122 Å². The SMILES string of the molecule is CC1(C)c2nc(C3=CC=C(F)CC3)c(Nc3cccc(NS(C)(=O)=O)c3)n2CCN1C(=O)CN. The number of hydrogen-bond donors (Lipinski definition) is 3. The van der Waals surface area contributed by atoms with Crippen LogP contribution in [0.4, 0.5) is 21.6 Å². The maximum absolute atomic E-state index is 13.7. The highest BCUT2D eigenvalue weighted by Gasteiger charge is 2.41. The summed E-state index contributed by atoms with van der Waals surface area (Å²) in [5, 5.41) is 3.39. The molecule has 1 aliphatic carbocycles. The van der Waals surface area contributed by atoms with Crippen molar-refractivity contribution in [1.82, 2.24) is 14.5 Å². The van der Waals surface area contributed by atoms with E-state index >= 15 is 0 Å². The number of aromatic nitrogens is 2. The zero-order chi connectivity index (χ0) is 24.7. The normalized spacial score (nSPS) is 17.5. The molecule has 34 heavy (non-hydrogen) atoms. The number of sulfonamides is 1. The van der Waals surface area contributed by atoms with Crippen molar-refractivity contribution in [2.24, 2.45) is 5.73 Å². The average Bonchev–Trinajstić information content (AvgIpc) is 3.12. The molecule has 0 saturated heterocycles. The summed E-state index contributed by atoms with van der Waals surface area (Å²) in [6, 6.07) is 6.92. The second-order valence-electron chi connectivity index (χ2n) is 8.98. The van der Waals surface area contributed by atoms with Gasteiger partial charge in [-0.05, 0) is 50.1 Å². The number of carbonyl (C=O) groups excluding carboxylic acids is 1. The van der Waals surface area contributed by atoms with Crippen LogP contribution in [-0.4, -0.2) is 48.1 Å². The van der Waals surface area contributed by atoms with Crippen LogP contribution in [0, 0.1) is 0 Å². The maximum Gasteiger partial charge on any atom is 0.237 e. The molecule has 182 valence electrons. The molecule has 4 N–H and O–H groups in total. The lowest BCUT2D eigenvalue weighted by Gasteiger charge is -2.42. The summed E-state index contributed by atoms with van der Waals surface area (Å²) < 4.78 is 41.5. The van der Waals surface area contributed by atoms with Crippen molar-refractivity contribution in [3.8, 4) is 0 Å². The monoisotopic (exact) mass is 488 g/mol. The molecule has 0 fully saturated rings. The van der Waals surface area contributed by atoms with Crippen LogP contribution in [0.15, 0.2) is 42.2 Å². The van der Waals surface area contributed by atoms with Crippen LogP contribution >= 0.6 is 0 Å². The van der Waals surface area contributed by atoms with E-state index in [2.05, 4.69) is 10.0 Å². The molecule has 4 rings (SSSR count). The number of benzene rings is 1. The second kappa shape index (κ2) is 8.88. The van der Waals surface area contributed by atoms with Gasteiger partial charge in [0.1, 0.15) is 23.2 Å². The minimum Gasteiger partial charge on any atom is -0.340 e. The van der Waals surface area contributed by atoms with Crippen LogP contribution in [0.25, 0.3) is 5.57 Å². The van der Waals surface area contributed by atoms with Crippen molar-refractivity contribution < 1.29 is 17.6 Å². The summed E-state index contributed by atoms with van der Waals surface area (Å²) >= 11 is 0. The van der Waals surface area contributed by atoms with Crippen molar-refractivity contribution in [3.05, 3.63) is 53.8 Å². The zero-order valence-electron chi connectivity index (χ0n) is 19.4. The van der Waals surface area contributed by atoms with Crippen molar-refractivity contribution >= 4 is 38.7 Å². The van der Waals surface area contributed by atoms with Gasteiger partial charge in [0.2, 0.25) is 15.9 Å². The summed E-state index contributed by atoms with van der Waals surface area (Å²) in [5.41, 5.74) is 7.57. The number of halogens is 1. The minimum atomic E-state index is -3.43. The van der Waals surface area contributed by atoms with Gasteiger partial charge < -0.3 is 20.5 Å². The molecular formula is C23H29FN6O3S. The van der Waals surface area contributed by atoms with Crippen LogP contribution < -0.4 is 15.8 Å². The smallest absolute Gasteiger partial charge is 0.237 e. The van der Waals surface area contributed by atoms with E-state index < -0.39 is 15.6 Å². The molecule has 9 nitrogen and oxygen atoms in total. The van der Waals surface area contributed by atoms with Gasteiger partial charge in [0, 0.05) is 25.2 Å². The van der Waals surface area contributed by atoms with Gasteiger partial charge in [0.25, 0.3) is 0 Å². The standard InChI is InChI=1S/C23H29FN6O3S/c1-23(2)22-27-20(15-7-9-16(24)10-8-15)21(29(22)11-12-30(23)19(31)14-25)26-17-5-4-6-18(13-17)28-34(3,32)33/h4-7,9,13,26,28H,8,10-12,14,25H2,1-3H3. The number of amides is 1. The Bertz CT molecular complexity index is 1300. The van der Waals surface area contributed by atoms with Gasteiger partial charge in [0.15, 0.2) is 0 Å². The van der Waals surface area contributed by atoms with Crippen LogP contribution in [0.1, 0.15) is 38.2 Å². The Hall–Kier alpha value is -3.18. The van der Waals surface area contributed by atoms with E-state index in [1.807, 2.05) is 24.5 Å². The summed E-state index contributed by atoms with van der Waals surface area (Å²) in [6.07, 6.45) is 5.07. The number of anilines is 3. The fourth-order valence-electron chi connectivity index (χ4n) is 4.46. The van der Waals surface area contributed by atoms with Crippen molar-refractivity contribution in [1.29, 1.82) is 0 Å². The second-order valence-corrected chi connectivity index (χ2v) is 10.7. The predicted molar refractivity (Wildman–Crippen MR) is 131 cm³/mol. The van der Waals surface area contributed by atoms with Gasteiger partial charge in [-0.2, -0.15) is 0 Å². The molecule has 1 amide bonds. The molecule has 1 aliphatic heterocycles. The quantitative estimate of drug-likeness (QED) is 0.574. The van der Waals surface area contributed by atoms with Crippen LogP contribution in [0.2, 0.25) is 0 Å². The first-order valence-corrected chi connectivity index (χ1v) is 12.9.